The number of nitrogens with zero attached hydrogens (tertiary/aromatic N) is 3. The molecule has 39 heavy (non-hydrogen) atoms. The molecule has 1 aliphatic heterocycles. The number of benzene rings is 2. The Balaban J connectivity index is 1.26. The molecule has 204 valence electrons. The fourth-order valence-corrected chi connectivity index (χ4v) is 4.13. The van der Waals surface area contributed by atoms with Crippen LogP contribution in [0, 0.1) is 5.82 Å². The van der Waals surface area contributed by atoms with E-state index in [2.05, 4.69) is 25.9 Å². The van der Waals surface area contributed by atoms with E-state index >= 15 is 0 Å². The molecule has 0 unspecified atom stereocenters. The van der Waals surface area contributed by atoms with Crippen molar-refractivity contribution in [1.29, 1.82) is 0 Å². The number of rotatable bonds is 10. The number of amides is 2. The Morgan fingerprint density at radius 1 is 1.05 bits per heavy atom. The molecule has 2 heterocycles. The standard InChI is InChI=1S/C27H29FN6O5/c28-21-15-19(7-8-23(21)34-13-9-20(10-14-34)32-26-29-11-4-12-30-26)24(35)31-16-22(25(36)37)33-27(38)39-17-18-5-2-1-3-6-18/h1-8,11-12,15,20,22H,9-10,13-14,16-17H2,(H,31,35)(H,33,38)(H,36,37)(H,29,30,32)/t22-/m0/s1. The van der Waals surface area contributed by atoms with E-state index < -0.39 is 36.4 Å². The third kappa shape index (κ3) is 7.87. The molecule has 3 aromatic rings. The third-order valence-corrected chi connectivity index (χ3v) is 6.21. The first-order valence-corrected chi connectivity index (χ1v) is 12.5. The molecule has 1 aromatic heterocycles. The Morgan fingerprint density at radius 2 is 1.77 bits per heavy atom. The number of carbonyl (C=O) groups excluding carboxylic acids is 2. The van der Waals surface area contributed by atoms with Crippen LogP contribution in [0.25, 0.3) is 0 Å². The number of alkyl carbamates (subject to hydrolysis) is 1. The molecule has 0 spiro atoms. The van der Waals surface area contributed by atoms with E-state index in [0.717, 1.165) is 24.5 Å². The molecular weight excluding hydrogens is 507 g/mol. The van der Waals surface area contributed by atoms with Crippen molar-refractivity contribution in [2.24, 2.45) is 0 Å². The Kier molecular flexibility index (Phi) is 9.22. The summed E-state index contributed by atoms with van der Waals surface area (Å²) in [6.45, 7) is 0.773. The highest BCUT2D eigenvalue weighted by Gasteiger charge is 2.24. The number of piperidine rings is 1. The van der Waals surface area contributed by atoms with Gasteiger partial charge < -0.3 is 30.7 Å². The Morgan fingerprint density at radius 3 is 2.44 bits per heavy atom. The minimum atomic E-state index is -1.43. The summed E-state index contributed by atoms with van der Waals surface area (Å²) >= 11 is 0. The number of ether oxygens (including phenoxy) is 1. The zero-order valence-electron chi connectivity index (χ0n) is 21.0. The molecule has 1 fully saturated rings. The van der Waals surface area contributed by atoms with Gasteiger partial charge in [0.15, 0.2) is 0 Å². The summed E-state index contributed by atoms with van der Waals surface area (Å²) in [5, 5.41) is 17.3. The molecule has 4 rings (SSSR count). The van der Waals surface area contributed by atoms with E-state index in [9.17, 15) is 23.9 Å². The van der Waals surface area contributed by atoms with Crippen molar-refractivity contribution in [3.05, 3.63) is 83.9 Å². The minimum Gasteiger partial charge on any atom is -0.480 e. The van der Waals surface area contributed by atoms with E-state index in [1.165, 1.54) is 12.1 Å². The lowest BCUT2D eigenvalue weighted by Gasteiger charge is -2.34. The summed E-state index contributed by atoms with van der Waals surface area (Å²) in [5.74, 6) is -2.03. The lowest BCUT2D eigenvalue weighted by Crippen LogP contribution is -2.48. The number of carboxylic acids is 1. The molecule has 0 aliphatic carbocycles. The van der Waals surface area contributed by atoms with Gasteiger partial charge in [-0.3, -0.25) is 4.79 Å². The first kappa shape index (κ1) is 27.3. The van der Waals surface area contributed by atoms with Crippen molar-refractivity contribution in [1.82, 2.24) is 20.6 Å². The maximum atomic E-state index is 14.9. The number of carbonyl (C=O) groups is 3. The predicted molar refractivity (Wildman–Crippen MR) is 141 cm³/mol. The van der Waals surface area contributed by atoms with Crippen LogP contribution in [-0.2, 0) is 16.1 Å². The largest absolute Gasteiger partial charge is 0.480 e. The lowest BCUT2D eigenvalue weighted by molar-refractivity contribution is -0.139. The second-order valence-electron chi connectivity index (χ2n) is 8.95. The molecule has 0 saturated carbocycles. The van der Waals surface area contributed by atoms with Crippen LogP contribution in [0.1, 0.15) is 28.8 Å². The highest BCUT2D eigenvalue weighted by molar-refractivity contribution is 5.95. The Hall–Kier alpha value is -4.74. The highest BCUT2D eigenvalue weighted by atomic mass is 19.1. The summed E-state index contributed by atoms with van der Waals surface area (Å²) in [4.78, 5) is 46.4. The normalized spacial score (nSPS) is 14.2. The first-order valence-electron chi connectivity index (χ1n) is 12.5. The second-order valence-corrected chi connectivity index (χ2v) is 8.95. The zero-order chi connectivity index (χ0) is 27.6. The van der Waals surface area contributed by atoms with Crippen LogP contribution in [-0.4, -0.2) is 64.8 Å². The van der Waals surface area contributed by atoms with Crippen LogP contribution in [0.2, 0.25) is 0 Å². The Bertz CT molecular complexity index is 1270. The predicted octanol–water partition coefficient (Wildman–Crippen LogP) is 2.81. The van der Waals surface area contributed by atoms with Crippen molar-refractivity contribution in [3.8, 4) is 0 Å². The molecule has 1 aliphatic rings. The van der Waals surface area contributed by atoms with Gasteiger partial charge in [-0.1, -0.05) is 30.3 Å². The van der Waals surface area contributed by atoms with Crippen molar-refractivity contribution < 1.29 is 28.6 Å². The van der Waals surface area contributed by atoms with Crippen LogP contribution >= 0.6 is 0 Å². The van der Waals surface area contributed by atoms with Gasteiger partial charge in [0.1, 0.15) is 18.5 Å². The van der Waals surface area contributed by atoms with Gasteiger partial charge >= 0.3 is 12.1 Å². The third-order valence-electron chi connectivity index (χ3n) is 6.21. The van der Waals surface area contributed by atoms with Gasteiger partial charge in [0.05, 0.1) is 5.69 Å². The van der Waals surface area contributed by atoms with Gasteiger partial charge in [0.2, 0.25) is 5.95 Å². The number of halogens is 1. The summed E-state index contributed by atoms with van der Waals surface area (Å²) in [5.41, 5.74) is 1.15. The van der Waals surface area contributed by atoms with Crippen molar-refractivity contribution in [3.63, 3.8) is 0 Å². The molecule has 1 saturated heterocycles. The molecule has 4 N–H and O–H groups in total. The number of anilines is 2. The van der Waals surface area contributed by atoms with Crippen LogP contribution in [0.3, 0.4) is 0 Å². The van der Waals surface area contributed by atoms with Crippen molar-refractivity contribution >= 4 is 29.6 Å². The Labute approximate surface area is 224 Å². The smallest absolute Gasteiger partial charge is 0.408 e. The van der Waals surface area contributed by atoms with E-state index in [0.29, 0.717) is 24.7 Å². The monoisotopic (exact) mass is 536 g/mol. The number of carboxylic acid groups (broad SMARTS) is 1. The van der Waals surface area contributed by atoms with Gasteiger partial charge in [-0.05, 0) is 42.7 Å². The molecule has 0 bridgehead atoms. The maximum Gasteiger partial charge on any atom is 0.408 e. The van der Waals surface area contributed by atoms with Crippen LogP contribution < -0.4 is 20.9 Å². The van der Waals surface area contributed by atoms with Crippen molar-refractivity contribution in [2.45, 2.75) is 31.5 Å². The van der Waals surface area contributed by atoms with Gasteiger partial charge in [-0.15, -0.1) is 0 Å². The van der Waals surface area contributed by atoms with Gasteiger partial charge in [0.25, 0.3) is 5.91 Å². The maximum absolute atomic E-state index is 14.9. The molecule has 11 nitrogen and oxygen atoms in total. The fraction of sp³-hybridized carbons (Fsp3) is 0.296. The fourth-order valence-electron chi connectivity index (χ4n) is 4.13. The number of aromatic nitrogens is 2. The van der Waals surface area contributed by atoms with E-state index in [4.69, 9.17) is 4.74 Å². The molecule has 12 heteroatoms. The van der Waals surface area contributed by atoms with E-state index in [-0.39, 0.29) is 18.2 Å². The van der Waals surface area contributed by atoms with Crippen molar-refractivity contribution in [2.75, 3.05) is 29.9 Å². The molecular formula is C27H29FN6O5. The molecule has 2 amide bonds. The summed E-state index contributed by atoms with van der Waals surface area (Å²) in [6, 6.07) is 13.5. The quantitative estimate of drug-likeness (QED) is 0.307. The second kappa shape index (κ2) is 13.2. The van der Waals surface area contributed by atoms with Crippen LogP contribution in [0.5, 0.6) is 0 Å². The summed E-state index contributed by atoms with van der Waals surface area (Å²) in [6.07, 6.45) is 3.91. The zero-order valence-corrected chi connectivity index (χ0v) is 21.0. The lowest BCUT2D eigenvalue weighted by atomic mass is 10.0. The number of aliphatic carboxylic acids is 1. The van der Waals surface area contributed by atoms with E-state index in [1.807, 2.05) is 11.0 Å². The molecule has 0 radical (unpaired) electrons. The average Bonchev–Trinajstić information content (AvgIpc) is 2.95. The topological polar surface area (TPSA) is 146 Å². The molecule has 1 atom stereocenters. The summed E-state index contributed by atoms with van der Waals surface area (Å²) < 4.78 is 20.0. The minimum absolute atomic E-state index is 0.0322. The van der Waals surface area contributed by atoms with Crippen LogP contribution in [0.15, 0.2) is 67.0 Å². The SMILES string of the molecule is O=C(N[C@@H](CNC(=O)c1ccc(N2CCC(Nc3ncccn3)CC2)c(F)c1)C(=O)O)OCc1ccccc1. The van der Waals surface area contributed by atoms with E-state index in [1.54, 1.807) is 42.7 Å². The molecule has 2 aromatic carbocycles. The summed E-state index contributed by atoms with van der Waals surface area (Å²) in [7, 11) is 0. The van der Waals surface area contributed by atoms with Gasteiger partial charge in [-0.2, -0.15) is 0 Å². The highest BCUT2D eigenvalue weighted by Crippen LogP contribution is 2.25. The number of hydrogen-bond donors (Lipinski definition) is 4. The van der Waals surface area contributed by atoms with Gasteiger partial charge in [-0.25, -0.2) is 23.9 Å². The number of hydrogen-bond acceptors (Lipinski definition) is 8. The van der Waals surface area contributed by atoms with Gasteiger partial charge in [0, 0.05) is 43.6 Å². The first-order chi connectivity index (χ1) is 18.9. The van der Waals surface area contributed by atoms with Crippen LogP contribution in [0.4, 0.5) is 20.8 Å². The average molecular weight is 537 g/mol. The number of nitrogens with one attached hydrogen (secondary N) is 3.